The second-order valence-corrected chi connectivity index (χ2v) is 8.19. The molecule has 0 saturated heterocycles. The largest absolute Gasteiger partial charge is 0.378 e. The van der Waals surface area contributed by atoms with Crippen molar-refractivity contribution in [1.29, 1.82) is 0 Å². The summed E-state index contributed by atoms with van der Waals surface area (Å²) in [5.41, 5.74) is 5.30. The zero-order valence-corrected chi connectivity index (χ0v) is 19.2. The fraction of sp³-hybridized carbons (Fsp3) is 0.0870. The smallest absolute Gasteiger partial charge is 0.299 e. The molecule has 0 spiro atoms. The predicted molar refractivity (Wildman–Crippen MR) is 129 cm³/mol. The van der Waals surface area contributed by atoms with E-state index < -0.39 is 11.5 Å². The molecule has 170 valence electrons. The van der Waals surface area contributed by atoms with Crippen LogP contribution in [0.25, 0.3) is 27.8 Å². The van der Waals surface area contributed by atoms with Gasteiger partial charge in [0.1, 0.15) is 5.52 Å². The van der Waals surface area contributed by atoms with Crippen LogP contribution < -0.4 is 11.0 Å². The maximum Gasteiger partial charge on any atom is 0.299 e. The Morgan fingerprint density at radius 3 is 2.56 bits per heavy atom. The first kappa shape index (κ1) is 22.0. The molecule has 5 aromatic rings. The summed E-state index contributed by atoms with van der Waals surface area (Å²) in [7, 11) is 1.57. The Kier molecular flexibility index (Phi) is 5.74. The van der Waals surface area contributed by atoms with Gasteiger partial charge in [0.25, 0.3) is 11.5 Å². The number of hydrogen-bond donors (Lipinski definition) is 1. The summed E-state index contributed by atoms with van der Waals surface area (Å²) >= 11 is 12.1. The number of carbonyl (C=O) groups excluding carboxylic acids is 1. The lowest BCUT2D eigenvalue weighted by Crippen LogP contribution is -2.33. The van der Waals surface area contributed by atoms with Crippen LogP contribution in [0.1, 0.15) is 16.1 Å². The maximum atomic E-state index is 13.1. The Labute approximate surface area is 202 Å². The number of aromatic nitrogens is 5. The van der Waals surface area contributed by atoms with Crippen molar-refractivity contribution in [2.75, 3.05) is 12.5 Å². The van der Waals surface area contributed by atoms with Crippen LogP contribution in [0.3, 0.4) is 0 Å². The normalized spacial score (nSPS) is 11.3. The van der Waals surface area contributed by atoms with Crippen LogP contribution in [-0.4, -0.2) is 37.5 Å². The molecule has 0 aliphatic rings. The number of amides is 1. The van der Waals surface area contributed by atoms with Crippen molar-refractivity contribution in [3.05, 3.63) is 92.5 Å². The number of halogens is 2. The molecule has 34 heavy (non-hydrogen) atoms. The predicted octanol–water partition coefficient (Wildman–Crippen LogP) is 3.94. The monoisotopic (exact) mass is 494 g/mol. The van der Waals surface area contributed by atoms with Crippen molar-refractivity contribution in [3.63, 3.8) is 0 Å². The molecule has 0 unspecified atom stereocenters. The van der Waals surface area contributed by atoms with Gasteiger partial charge < -0.3 is 4.74 Å². The SMILES string of the molecule is COCc1nn2c(nnc3c(=O)n(NC(=O)c4ccccc4Cl)ccc32)c1-c1ccc(Cl)cc1. The van der Waals surface area contributed by atoms with Crippen molar-refractivity contribution >= 4 is 45.8 Å². The van der Waals surface area contributed by atoms with E-state index in [1.165, 1.54) is 6.20 Å². The molecule has 1 N–H and O–H groups in total. The molecule has 2 aromatic carbocycles. The van der Waals surface area contributed by atoms with Gasteiger partial charge in [0, 0.05) is 18.3 Å². The van der Waals surface area contributed by atoms with Gasteiger partial charge in [-0.2, -0.15) is 5.10 Å². The number of nitrogens with one attached hydrogen (secondary N) is 1. The van der Waals surface area contributed by atoms with Crippen LogP contribution in [0.4, 0.5) is 0 Å². The summed E-state index contributed by atoms with van der Waals surface area (Å²) in [5.74, 6) is -0.535. The second kappa shape index (κ2) is 8.86. The van der Waals surface area contributed by atoms with E-state index in [2.05, 4.69) is 20.7 Å². The molecule has 3 aromatic heterocycles. The Morgan fingerprint density at radius 1 is 1.06 bits per heavy atom. The number of methoxy groups -OCH3 is 1. The van der Waals surface area contributed by atoms with Gasteiger partial charge >= 0.3 is 0 Å². The average molecular weight is 495 g/mol. The lowest BCUT2D eigenvalue weighted by atomic mass is 10.1. The van der Waals surface area contributed by atoms with E-state index in [1.54, 1.807) is 54.1 Å². The lowest BCUT2D eigenvalue weighted by Gasteiger charge is -2.10. The second-order valence-electron chi connectivity index (χ2n) is 7.34. The Bertz CT molecular complexity index is 1610. The molecule has 5 rings (SSSR count). The first-order valence-corrected chi connectivity index (χ1v) is 10.8. The minimum atomic E-state index is -0.566. The van der Waals surface area contributed by atoms with E-state index in [0.29, 0.717) is 21.9 Å². The van der Waals surface area contributed by atoms with Gasteiger partial charge in [-0.25, -0.2) is 9.19 Å². The number of pyridine rings is 1. The first-order chi connectivity index (χ1) is 16.5. The van der Waals surface area contributed by atoms with Crippen LogP contribution in [0.15, 0.2) is 65.6 Å². The van der Waals surface area contributed by atoms with Gasteiger partial charge in [-0.15, -0.1) is 10.2 Å². The molecule has 0 saturated carbocycles. The molecule has 0 radical (unpaired) electrons. The van der Waals surface area contributed by atoms with Crippen LogP contribution in [-0.2, 0) is 11.3 Å². The molecule has 0 fully saturated rings. The minimum absolute atomic E-state index is 0.0311. The summed E-state index contributed by atoms with van der Waals surface area (Å²) in [5, 5.41) is 13.9. The standard InChI is InChI=1S/C23H16Cl2N6O3/c1-34-12-17-19(13-6-8-14(24)9-7-13)21-27-26-20-18(31(21)28-17)10-11-30(23(20)33)29-22(32)15-4-2-3-5-16(15)25/h2-11H,12H2,1H3,(H,29,32). The molecule has 11 heteroatoms. The van der Waals surface area contributed by atoms with Crippen molar-refractivity contribution in [2.45, 2.75) is 6.61 Å². The van der Waals surface area contributed by atoms with Crippen molar-refractivity contribution in [2.24, 2.45) is 0 Å². The van der Waals surface area contributed by atoms with Crippen LogP contribution >= 0.6 is 23.2 Å². The van der Waals surface area contributed by atoms with Gasteiger partial charge in [0.15, 0.2) is 11.2 Å². The van der Waals surface area contributed by atoms with E-state index in [9.17, 15) is 9.59 Å². The van der Waals surface area contributed by atoms with Crippen molar-refractivity contribution in [3.8, 4) is 11.1 Å². The molecule has 3 heterocycles. The van der Waals surface area contributed by atoms with Gasteiger partial charge in [0.2, 0.25) is 0 Å². The third-order valence-corrected chi connectivity index (χ3v) is 5.79. The van der Waals surface area contributed by atoms with Gasteiger partial charge in [-0.1, -0.05) is 47.5 Å². The Balaban J connectivity index is 1.63. The van der Waals surface area contributed by atoms with E-state index in [0.717, 1.165) is 15.8 Å². The molecular formula is C23H16Cl2N6O3. The van der Waals surface area contributed by atoms with E-state index in [4.69, 9.17) is 27.9 Å². The molecule has 0 atom stereocenters. The van der Waals surface area contributed by atoms with E-state index in [-0.39, 0.29) is 22.7 Å². The molecule has 0 aliphatic heterocycles. The van der Waals surface area contributed by atoms with Gasteiger partial charge in [-0.05, 0) is 35.9 Å². The van der Waals surface area contributed by atoms with Crippen LogP contribution in [0.2, 0.25) is 10.0 Å². The lowest BCUT2D eigenvalue weighted by molar-refractivity contribution is 0.101. The maximum absolute atomic E-state index is 13.1. The van der Waals surface area contributed by atoms with Crippen molar-refractivity contribution in [1.82, 2.24) is 24.5 Å². The Hall–Kier alpha value is -3.79. The fourth-order valence-corrected chi connectivity index (χ4v) is 3.99. The number of fused-ring (bicyclic) bond motifs is 3. The van der Waals surface area contributed by atoms with Crippen LogP contribution in [0.5, 0.6) is 0 Å². The third kappa shape index (κ3) is 3.79. The summed E-state index contributed by atoms with van der Waals surface area (Å²) in [4.78, 5) is 25.7. The number of nitrogens with zero attached hydrogens (tertiary/aromatic N) is 5. The number of carbonyl (C=O) groups is 1. The van der Waals surface area contributed by atoms with E-state index >= 15 is 0 Å². The fourth-order valence-electron chi connectivity index (χ4n) is 3.64. The van der Waals surface area contributed by atoms with Crippen molar-refractivity contribution < 1.29 is 9.53 Å². The highest BCUT2D eigenvalue weighted by molar-refractivity contribution is 6.34. The zero-order chi connectivity index (χ0) is 23.8. The minimum Gasteiger partial charge on any atom is -0.378 e. The highest BCUT2D eigenvalue weighted by Gasteiger charge is 2.20. The third-order valence-electron chi connectivity index (χ3n) is 5.21. The first-order valence-electron chi connectivity index (χ1n) is 10.1. The number of benzene rings is 2. The average Bonchev–Trinajstić information content (AvgIpc) is 3.20. The number of rotatable bonds is 5. The summed E-state index contributed by atoms with van der Waals surface area (Å²) in [6.45, 7) is 0.230. The summed E-state index contributed by atoms with van der Waals surface area (Å²) < 4.78 is 7.90. The van der Waals surface area contributed by atoms with E-state index in [1.807, 2.05) is 12.1 Å². The molecular weight excluding hydrogens is 479 g/mol. The number of ether oxygens (including phenoxy) is 1. The van der Waals surface area contributed by atoms with Gasteiger partial charge in [0.05, 0.1) is 28.5 Å². The molecule has 9 nitrogen and oxygen atoms in total. The van der Waals surface area contributed by atoms with Gasteiger partial charge in [-0.3, -0.25) is 15.0 Å². The highest BCUT2D eigenvalue weighted by atomic mass is 35.5. The molecule has 0 bridgehead atoms. The number of hydrogen-bond acceptors (Lipinski definition) is 6. The highest BCUT2D eigenvalue weighted by Crippen LogP contribution is 2.30. The molecule has 0 aliphatic carbocycles. The Morgan fingerprint density at radius 2 is 1.82 bits per heavy atom. The zero-order valence-electron chi connectivity index (χ0n) is 17.7. The molecule has 1 amide bonds. The topological polar surface area (TPSA) is 103 Å². The summed E-state index contributed by atoms with van der Waals surface area (Å²) in [6.07, 6.45) is 1.43. The quantitative estimate of drug-likeness (QED) is 0.396. The summed E-state index contributed by atoms with van der Waals surface area (Å²) in [6, 6.07) is 15.4. The van der Waals surface area contributed by atoms with Crippen LogP contribution in [0, 0.1) is 0 Å².